The SMILES string of the molecule is CCSc1ccccc1C(=O)Nc1sc2c(c1C(N)=O)CCN(C(C)C)C2. The van der Waals surface area contributed by atoms with Crippen LogP contribution in [0.25, 0.3) is 0 Å². The maximum Gasteiger partial charge on any atom is 0.257 e. The summed E-state index contributed by atoms with van der Waals surface area (Å²) in [7, 11) is 0. The van der Waals surface area contributed by atoms with Crippen LogP contribution in [0.3, 0.4) is 0 Å². The number of amides is 2. The van der Waals surface area contributed by atoms with Gasteiger partial charge in [0.15, 0.2) is 0 Å². The summed E-state index contributed by atoms with van der Waals surface area (Å²) < 4.78 is 0. The number of hydrogen-bond donors (Lipinski definition) is 2. The molecule has 0 atom stereocenters. The van der Waals surface area contributed by atoms with Crippen LogP contribution in [0.15, 0.2) is 29.2 Å². The number of anilines is 1. The summed E-state index contributed by atoms with van der Waals surface area (Å²) >= 11 is 3.10. The van der Waals surface area contributed by atoms with Crippen molar-refractivity contribution in [2.75, 3.05) is 17.6 Å². The molecule has 0 bridgehead atoms. The molecule has 27 heavy (non-hydrogen) atoms. The van der Waals surface area contributed by atoms with E-state index in [-0.39, 0.29) is 5.91 Å². The van der Waals surface area contributed by atoms with Gasteiger partial charge in [-0.25, -0.2) is 0 Å². The van der Waals surface area contributed by atoms with Crippen molar-refractivity contribution in [3.8, 4) is 0 Å². The highest BCUT2D eigenvalue weighted by Gasteiger charge is 2.28. The van der Waals surface area contributed by atoms with E-state index in [2.05, 4.69) is 31.0 Å². The molecule has 0 unspecified atom stereocenters. The Kier molecular flexibility index (Phi) is 6.24. The number of benzene rings is 1. The second kappa shape index (κ2) is 8.46. The van der Waals surface area contributed by atoms with Crippen LogP contribution in [0.4, 0.5) is 5.00 Å². The monoisotopic (exact) mass is 403 g/mol. The van der Waals surface area contributed by atoms with Gasteiger partial charge >= 0.3 is 0 Å². The summed E-state index contributed by atoms with van der Waals surface area (Å²) in [6.07, 6.45) is 0.778. The van der Waals surface area contributed by atoms with Gasteiger partial charge in [-0.15, -0.1) is 23.1 Å². The van der Waals surface area contributed by atoms with E-state index in [1.807, 2.05) is 24.3 Å². The lowest BCUT2D eigenvalue weighted by Crippen LogP contribution is -2.35. The summed E-state index contributed by atoms with van der Waals surface area (Å²) in [5, 5.41) is 3.52. The maximum absolute atomic E-state index is 12.9. The summed E-state index contributed by atoms with van der Waals surface area (Å²) in [6.45, 7) is 8.07. The van der Waals surface area contributed by atoms with Crippen LogP contribution >= 0.6 is 23.1 Å². The predicted octanol–water partition coefficient (Wildman–Crippen LogP) is 3.98. The molecular weight excluding hydrogens is 378 g/mol. The van der Waals surface area contributed by atoms with E-state index in [1.54, 1.807) is 11.8 Å². The molecule has 3 N–H and O–H groups in total. The molecule has 1 aromatic carbocycles. The van der Waals surface area contributed by atoms with Crippen LogP contribution in [0, 0.1) is 0 Å². The molecule has 2 aromatic rings. The highest BCUT2D eigenvalue weighted by atomic mass is 32.2. The van der Waals surface area contributed by atoms with Crippen molar-refractivity contribution < 1.29 is 9.59 Å². The summed E-state index contributed by atoms with van der Waals surface area (Å²) in [5.74, 6) is 0.209. The molecule has 0 saturated heterocycles. The summed E-state index contributed by atoms with van der Waals surface area (Å²) in [4.78, 5) is 29.4. The second-order valence-corrected chi connectivity index (χ2v) is 9.18. The predicted molar refractivity (Wildman–Crippen MR) is 113 cm³/mol. The van der Waals surface area contributed by atoms with Crippen LogP contribution in [0.1, 0.15) is 51.9 Å². The van der Waals surface area contributed by atoms with E-state index in [0.717, 1.165) is 40.6 Å². The third kappa shape index (κ3) is 4.20. The first kappa shape index (κ1) is 19.9. The van der Waals surface area contributed by atoms with Gasteiger partial charge in [0.1, 0.15) is 5.00 Å². The Balaban J connectivity index is 1.91. The van der Waals surface area contributed by atoms with Crippen LogP contribution < -0.4 is 11.1 Å². The van der Waals surface area contributed by atoms with E-state index in [4.69, 9.17) is 5.73 Å². The molecule has 144 valence electrons. The lowest BCUT2D eigenvalue weighted by atomic mass is 10.0. The molecule has 3 rings (SSSR count). The number of rotatable bonds is 6. The number of fused-ring (bicyclic) bond motifs is 1. The Morgan fingerprint density at radius 2 is 2.07 bits per heavy atom. The molecule has 1 aliphatic rings. The van der Waals surface area contributed by atoms with Gasteiger partial charge in [0.25, 0.3) is 11.8 Å². The minimum atomic E-state index is -0.475. The van der Waals surface area contributed by atoms with Gasteiger partial charge in [0, 0.05) is 28.9 Å². The summed E-state index contributed by atoms with van der Waals surface area (Å²) in [5.41, 5.74) is 7.76. The lowest BCUT2D eigenvalue weighted by molar-refractivity contribution is 0.0999. The molecule has 2 heterocycles. The van der Waals surface area contributed by atoms with Gasteiger partial charge in [0.05, 0.1) is 11.1 Å². The zero-order valence-electron chi connectivity index (χ0n) is 15.9. The van der Waals surface area contributed by atoms with E-state index in [9.17, 15) is 9.59 Å². The third-order valence-electron chi connectivity index (χ3n) is 4.72. The Morgan fingerprint density at radius 1 is 1.33 bits per heavy atom. The summed E-state index contributed by atoms with van der Waals surface area (Å²) in [6, 6.07) is 7.97. The van der Waals surface area contributed by atoms with Crippen LogP contribution in [-0.4, -0.2) is 35.1 Å². The van der Waals surface area contributed by atoms with E-state index in [1.165, 1.54) is 11.3 Å². The number of nitrogens with two attached hydrogens (primary N) is 1. The zero-order valence-corrected chi connectivity index (χ0v) is 17.5. The highest BCUT2D eigenvalue weighted by molar-refractivity contribution is 7.99. The minimum Gasteiger partial charge on any atom is -0.365 e. The lowest BCUT2D eigenvalue weighted by Gasteiger charge is -2.30. The van der Waals surface area contributed by atoms with E-state index < -0.39 is 5.91 Å². The first-order valence-corrected chi connectivity index (χ1v) is 10.9. The van der Waals surface area contributed by atoms with Crippen molar-refractivity contribution in [3.05, 3.63) is 45.8 Å². The minimum absolute atomic E-state index is 0.201. The van der Waals surface area contributed by atoms with Crippen LogP contribution in [-0.2, 0) is 13.0 Å². The van der Waals surface area contributed by atoms with Gasteiger partial charge in [-0.1, -0.05) is 19.1 Å². The van der Waals surface area contributed by atoms with Crippen molar-refractivity contribution in [1.29, 1.82) is 0 Å². The van der Waals surface area contributed by atoms with Crippen molar-refractivity contribution in [1.82, 2.24) is 4.90 Å². The van der Waals surface area contributed by atoms with E-state index in [0.29, 0.717) is 22.2 Å². The average Bonchev–Trinajstić information content (AvgIpc) is 2.99. The normalized spacial score (nSPS) is 14.2. The van der Waals surface area contributed by atoms with Gasteiger partial charge < -0.3 is 11.1 Å². The molecule has 0 saturated carbocycles. The molecule has 2 amide bonds. The fourth-order valence-corrected chi connectivity index (χ4v) is 5.39. The van der Waals surface area contributed by atoms with E-state index >= 15 is 0 Å². The highest BCUT2D eigenvalue weighted by Crippen LogP contribution is 2.38. The molecule has 0 radical (unpaired) electrons. The quantitative estimate of drug-likeness (QED) is 0.716. The molecule has 7 heteroatoms. The Morgan fingerprint density at radius 3 is 2.74 bits per heavy atom. The van der Waals surface area contributed by atoms with Crippen molar-refractivity contribution in [2.45, 2.75) is 44.7 Å². The topological polar surface area (TPSA) is 75.4 Å². The molecule has 0 fully saturated rings. The van der Waals surface area contributed by atoms with Gasteiger partial charge in [-0.05, 0) is 43.7 Å². The van der Waals surface area contributed by atoms with Gasteiger partial charge in [-0.3, -0.25) is 14.5 Å². The van der Waals surface area contributed by atoms with Crippen LogP contribution in [0.2, 0.25) is 0 Å². The van der Waals surface area contributed by atoms with Crippen molar-refractivity contribution in [3.63, 3.8) is 0 Å². The molecule has 1 aromatic heterocycles. The zero-order chi connectivity index (χ0) is 19.6. The fraction of sp³-hybridized carbons (Fsp3) is 0.400. The van der Waals surface area contributed by atoms with Crippen molar-refractivity contribution in [2.24, 2.45) is 5.73 Å². The largest absolute Gasteiger partial charge is 0.365 e. The fourth-order valence-electron chi connectivity index (χ4n) is 3.32. The second-order valence-electron chi connectivity index (χ2n) is 6.77. The third-order valence-corrected chi connectivity index (χ3v) is 6.81. The average molecular weight is 404 g/mol. The number of carbonyl (C=O) groups excluding carboxylic acids is 2. The smallest absolute Gasteiger partial charge is 0.257 e. The number of thiophene rings is 1. The first-order chi connectivity index (χ1) is 12.9. The Bertz CT molecular complexity index is 861. The first-order valence-electron chi connectivity index (χ1n) is 9.13. The van der Waals surface area contributed by atoms with Crippen molar-refractivity contribution >= 4 is 39.9 Å². The maximum atomic E-state index is 12.9. The number of carbonyl (C=O) groups is 2. The van der Waals surface area contributed by atoms with Gasteiger partial charge in [-0.2, -0.15) is 0 Å². The van der Waals surface area contributed by atoms with Crippen LogP contribution in [0.5, 0.6) is 0 Å². The molecule has 5 nitrogen and oxygen atoms in total. The standard InChI is InChI=1S/C20H25N3O2S2/c1-4-26-15-8-6-5-7-14(15)19(25)22-20-17(18(21)24)13-9-10-23(12(2)3)11-16(13)27-20/h5-8,12H,4,9-11H2,1-3H3,(H2,21,24)(H,22,25). The molecule has 0 spiro atoms. The number of nitrogens with zero attached hydrogens (tertiary/aromatic N) is 1. The Hall–Kier alpha value is -1.83. The molecular formula is C20H25N3O2S2. The molecule has 0 aliphatic carbocycles. The van der Waals surface area contributed by atoms with Gasteiger partial charge in [0.2, 0.25) is 0 Å². The number of nitrogens with one attached hydrogen (secondary N) is 1. The molecule has 1 aliphatic heterocycles. The number of thioether (sulfide) groups is 1. The number of primary amides is 1. The number of hydrogen-bond acceptors (Lipinski definition) is 5. The Labute approximate surface area is 168 Å².